The van der Waals surface area contributed by atoms with Crippen molar-refractivity contribution < 1.29 is 23.8 Å². The molecular formula is C33H35N7O5. The summed E-state index contributed by atoms with van der Waals surface area (Å²) in [6.45, 7) is 13.9. The van der Waals surface area contributed by atoms with Crippen LogP contribution in [0.4, 0.5) is 16.3 Å². The lowest BCUT2D eigenvalue weighted by Crippen LogP contribution is -2.28. The van der Waals surface area contributed by atoms with E-state index >= 15 is 0 Å². The molecule has 2 aromatic heterocycles. The fourth-order valence-electron chi connectivity index (χ4n) is 4.01. The van der Waals surface area contributed by atoms with E-state index in [1.54, 1.807) is 32.9 Å². The number of nitrogens with two attached hydrogens (primary N) is 1. The zero-order valence-electron chi connectivity index (χ0n) is 25.6. The molecule has 0 aliphatic carbocycles. The van der Waals surface area contributed by atoms with E-state index in [-0.39, 0.29) is 18.3 Å². The van der Waals surface area contributed by atoms with E-state index in [0.717, 1.165) is 22.2 Å². The lowest BCUT2D eigenvalue weighted by atomic mass is 10.1. The van der Waals surface area contributed by atoms with Crippen LogP contribution in [0.25, 0.3) is 21.8 Å². The van der Waals surface area contributed by atoms with Crippen LogP contribution in [0.2, 0.25) is 0 Å². The summed E-state index contributed by atoms with van der Waals surface area (Å²) in [7, 11) is 1.90. The zero-order chi connectivity index (χ0) is 32.4. The summed E-state index contributed by atoms with van der Waals surface area (Å²) in [5.74, 6) is -0.346. The lowest BCUT2D eigenvalue weighted by Gasteiger charge is -2.20. The van der Waals surface area contributed by atoms with E-state index in [2.05, 4.69) is 25.1 Å². The second-order valence-corrected chi connectivity index (χ2v) is 11.0. The number of esters is 1. The van der Waals surface area contributed by atoms with Crippen LogP contribution in [-0.4, -0.2) is 52.8 Å². The number of nitrogen functional groups attached to an aromatic ring is 1. The van der Waals surface area contributed by atoms with Crippen LogP contribution in [0.5, 0.6) is 6.01 Å². The van der Waals surface area contributed by atoms with Gasteiger partial charge in [-0.3, -0.25) is 4.79 Å². The third-order valence-electron chi connectivity index (χ3n) is 6.29. The highest BCUT2D eigenvalue weighted by atomic mass is 16.6. The van der Waals surface area contributed by atoms with Crippen LogP contribution in [0, 0.1) is 6.57 Å². The fourth-order valence-corrected chi connectivity index (χ4v) is 4.01. The highest BCUT2D eigenvalue weighted by molar-refractivity contribution is 5.96. The topological polar surface area (TPSA) is 146 Å². The van der Waals surface area contributed by atoms with Crippen LogP contribution in [0.15, 0.2) is 72.6 Å². The summed E-state index contributed by atoms with van der Waals surface area (Å²) in [4.78, 5) is 42.4. The number of hydrogen-bond acceptors (Lipinski definition) is 10. The van der Waals surface area contributed by atoms with E-state index in [4.69, 9.17) is 26.5 Å². The van der Waals surface area contributed by atoms with Crippen molar-refractivity contribution in [1.82, 2.24) is 20.3 Å². The van der Waals surface area contributed by atoms with Gasteiger partial charge in [-0.05, 0) is 68.3 Å². The maximum Gasteiger partial charge on any atom is 0.407 e. The molecule has 232 valence electrons. The van der Waals surface area contributed by atoms with E-state index in [1.165, 1.54) is 12.3 Å². The predicted octanol–water partition coefficient (Wildman–Crippen LogP) is 5.15. The van der Waals surface area contributed by atoms with E-state index in [0.29, 0.717) is 36.7 Å². The molecule has 0 bridgehead atoms. The molecule has 0 spiro atoms. The number of pyridine rings is 1. The Bertz CT molecular complexity index is 1730. The van der Waals surface area contributed by atoms with Crippen molar-refractivity contribution in [1.29, 1.82) is 0 Å². The first-order valence-corrected chi connectivity index (χ1v) is 14.1. The number of alkyl carbamates (subject to hydrolysis) is 1. The number of likely N-dealkylation sites (N-methyl/N-ethyl adjacent to an activating group) is 1. The zero-order valence-corrected chi connectivity index (χ0v) is 25.6. The molecule has 0 atom stereocenters. The number of anilines is 2. The molecule has 0 aliphatic heterocycles. The molecule has 45 heavy (non-hydrogen) atoms. The average Bonchev–Trinajstić information content (AvgIpc) is 3.01. The predicted molar refractivity (Wildman–Crippen MR) is 171 cm³/mol. The SMILES string of the molecule is [C-]#[N+]/C(=C\c1ccc2cc(N(C)CCOC(=O)NCc3ccc(COc4nccc(N)n4)cc3)ccc2n1)C(=O)OC(C)(C)C. The van der Waals surface area contributed by atoms with Gasteiger partial charge in [0.15, 0.2) is 0 Å². The van der Waals surface area contributed by atoms with Crippen molar-refractivity contribution >= 4 is 40.5 Å². The van der Waals surface area contributed by atoms with Crippen LogP contribution < -0.4 is 20.7 Å². The Labute approximate surface area is 261 Å². The van der Waals surface area contributed by atoms with Crippen molar-refractivity contribution in [3.8, 4) is 6.01 Å². The summed E-state index contributed by atoms with van der Waals surface area (Å²) in [6, 6.07) is 18.7. The minimum Gasteiger partial charge on any atom is -0.465 e. The first kappa shape index (κ1) is 32.2. The summed E-state index contributed by atoms with van der Waals surface area (Å²) in [6.07, 6.45) is 2.45. The quantitative estimate of drug-likeness (QED) is 0.133. The largest absolute Gasteiger partial charge is 0.465 e. The molecule has 3 N–H and O–H groups in total. The van der Waals surface area contributed by atoms with Crippen LogP contribution in [0.1, 0.15) is 37.6 Å². The number of amides is 1. The molecule has 4 rings (SSSR count). The molecule has 2 heterocycles. The number of hydrogen-bond donors (Lipinski definition) is 2. The third-order valence-corrected chi connectivity index (χ3v) is 6.29. The molecule has 0 unspecified atom stereocenters. The van der Waals surface area contributed by atoms with Crippen molar-refractivity contribution in [2.75, 3.05) is 30.8 Å². The molecule has 12 heteroatoms. The number of aromatic nitrogens is 3. The fraction of sp³-hybridized carbons (Fsp3) is 0.273. The lowest BCUT2D eigenvalue weighted by molar-refractivity contribution is -0.149. The maximum absolute atomic E-state index is 12.3. The second-order valence-electron chi connectivity index (χ2n) is 11.0. The van der Waals surface area contributed by atoms with Crippen molar-refractivity contribution in [2.45, 2.75) is 39.5 Å². The number of nitrogens with zero attached hydrogens (tertiary/aromatic N) is 5. The van der Waals surface area contributed by atoms with Gasteiger partial charge in [0.2, 0.25) is 0 Å². The molecule has 4 aromatic rings. The average molecular weight is 610 g/mol. The second kappa shape index (κ2) is 14.7. The summed E-state index contributed by atoms with van der Waals surface area (Å²) >= 11 is 0. The number of carbonyl (C=O) groups excluding carboxylic acids is 2. The Morgan fingerprint density at radius 3 is 2.51 bits per heavy atom. The van der Waals surface area contributed by atoms with Gasteiger partial charge >= 0.3 is 18.1 Å². The van der Waals surface area contributed by atoms with Gasteiger partial charge < -0.3 is 30.2 Å². The van der Waals surface area contributed by atoms with Crippen LogP contribution in [-0.2, 0) is 27.4 Å². The smallest absolute Gasteiger partial charge is 0.407 e. The molecule has 0 aliphatic rings. The van der Waals surface area contributed by atoms with Gasteiger partial charge in [-0.25, -0.2) is 19.6 Å². The summed E-state index contributed by atoms with van der Waals surface area (Å²) < 4.78 is 16.2. The van der Waals surface area contributed by atoms with Crippen LogP contribution >= 0.6 is 0 Å². The first-order chi connectivity index (χ1) is 21.5. The Morgan fingerprint density at radius 1 is 1.04 bits per heavy atom. The molecule has 0 fully saturated rings. The highest BCUT2D eigenvalue weighted by Crippen LogP contribution is 2.22. The Hall–Kier alpha value is -5.70. The minimum absolute atomic E-state index is 0.137. The normalized spacial score (nSPS) is 11.4. The molecule has 2 aromatic carbocycles. The molecule has 0 radical (unpaired) electrons. The monoisotopic (exact) mass is 609 g/mol. The van der Waals surface area contributed by atoms with Crippen molar-refractivity contribution in [2.24, 2.45) is 0 Å². The molecule has 12 nitrogen and oxygen atoms in total. The highest BCUT2D eigenvalue weighted by Gasteiger charge is 2.20. The number of rotatable bonds is 11. The molecule has 0 saturated carbocycles. The number of carbonyl (C=O) groups is 2. The van der Waals surface area contributed by atoms with E-state index in [9.17, 15) is 9.59 Å². The van der Waals surface area contributed by atoms with Crippen molar-refractivity contribution in [3.05, 3.63) is 101 Å². The van der Waals surface area contributed by atoms with Gasteiger partial charge in [0.05, 0.1) is 24.3 Å². The third kappa shape index (κ3) is 9.93. The number of fused-ring (bicyclic) bond motifs is 1. The summed E-state index contributed by atoms with van der Waals surface area (Å²) in [5, 5.41) is 3.64. The maximum atomic E-state index is 12.3. The van der Waals surface area contributed by atoms with E-state index in [1.807, 2.05) is 60.5 Å². The number of benzene rings is 2. The van der Waals surface area contributed by atoms with Gasteiger partial charge in [0.1, 0.15) is 24.6 Å². The van der Waals surface area contributed by atoms with Gasteiger partial charge in [-0.15, -0.1) is 0 Å². The van der Waals surface area contributed by atoms with Gasteiger partial charge in [-0.1, -0.05) is 30.3 Å². The van der Waals surface area contributed by atoms with E-state index < -0.39 is 17.7 Å². The Balaban J connectivity index is 1.22. The van der Waals surface area contributed by atoms with Crippen molar-refractivity contribution in [3.63, 3.8) is 0 Å². The van der Waals surface area contributed by atoms with Crippen LogP contribution in [0.3, 0.4) is 0 Å². The van der Waals surface area contributed by atoms with Gasteiger partial charge in [-0.2, -0.15) is 4.98 Å². The minimum atomic E-state index is -0.699. The molecule has 0 saturated heterocycles. The summed E-state index contributed by atoms with van der Waals surface area (Å²) in [5.41, 5.74) is 8.73. The Morgan fingerprint density at radius 2 is 1.80 bits per heavy atom. The first-order valence-electron chi connectivity index (χ1n) is 14.1. The molecular weight excluding hydrogens is 574 g/mol. The Kier molecular flexibility index (Phi) is 10.5. The standard InChI is InChI=1S/C33H35N7O5/c1-33(2,3)45-30(41)28(35-4)19-25-11-10-24-18-26(12-13-27(24)38-25)40(5)16-17-43-32(42)37-20-22-6-8-23(9-7-22)21-44-31-36-15-14-29(34)39-31/h6-15,18-19H,16-17,20-21H2,1-3,5H3,(H,37,42)(H2,34,36,39)/b28-19-. The number of ether oxygens (including phenoxy) is 3. The van der Waals surface area contributed by atoms with Gasteiger partial charge in [0, 0.05) is 30.9 Å². The number of nitrogens with one attached hydrogen (secondary N) is 1. The molecule has 1 amide bonds. The van der Waals surface area contributed by atoms with Gasteiger partial charge in [0.25, 0.3) is 5.70 Å².